The van der Waals surface area contributed by atoms with E-state index < -0.39 is 30.1 Å². The highest BCUT2D eigenvalue weighted by molar-refractivity contribution is 5.82. The number of carbonyl (C=O) groups excluding carboxylic acids is 2. The van der Waals surface area contributed by atoms with Gasteiger partial charge in [0.2, 0.25) is 0 Å². The van der Waals surface area contributed by atoms with Gasteiger partial charge in [-0.2, -0.15) is 10.4 Å². The molecule has 0 bridgehead atoms. The van der Waals surface area contributed by atoms with E-state index in [4.69, 9.17) is 14.7 Å². The van der Waals surface area contributed by atoms with Gasteiger partial charge < -0.3 is 24.4 Å². The molecule has 10 nitrogen and oxygen atoms in total. The van der Waals surface area contributed by atoms with E-state index in [2.05, 4.69) is 10.00 Å². The second-order valence-corrected chi connectivity index (χ2v) is 11.5. The molecule has 1 aromatic carbocycles. The van der Waals surface area contributed by atoms with Gasteiger partial charge in [0.05, 0.1) is 35.7 Å². The number of benzene rings is 1. The van der Waals surface area contributed by atoms with Crippen LogP contribution in [-0.2, 0) is 20.8 Å². The summed E-state index contributed by atoms with van der Waals surface area (Å²) in [6.07, 6.45) is 5.13. The maximum atomic E-state index is 14.9. The van der Waals surface area contributed by atoms with Crippen molar-refractivity contribution in [2.75, 3.05) is 33.2 Å². The summed E-state index contributed by atoms with van der Waals surface area (Å²) < 4.78 is 28.1. The molecule has 0 radical (unpaired) electrons. The van der Waals surface area contributed by atoms with Crippen LogP contribution >= 0.6 is 0 Å². The third-order valence-electron chi connectivity index (χ3n) is 8.05. The lowest BCUT2D eigenvalue weighted by Crippen LogP contribution is -2.48. The summed E-state index contributed by atoms with van der Waals surface area (Å²) in [5.74, 6) is -1.41. The van der Waals surface area contributed by atoms with Gasteiger partial charge in [-0.25, -0.2) is 9.18 Å². The molecule has 3 heterocycles. The molecule has 0 spiro atoms. The number of aromatic nitrogens is 2. The third kappa shape index (κ3) is 7.75. The van der Waals surface area contributed by atoms with Crippen LogP contribution in [0.2, 0.25) is 0 Å². The van der Waals surface area contributed by atoms with Crippen molar-refractivity contribution >= 4 is 29.0 Å². The molecule has 2 aliphatic heterocycles. The maximum Gasteiger partial charge on any atom is 0.410 e. The smallest absolute Gasteiger partial charge is 0.410 e. The summed E-state index contributed by atoms with van der Waals surface area (Å²) in [6.45, 7) is 8.41. The Labute approximate surface area is 246 Å². The highest BCUT2D eigenvalue weighted by Crippen LogP contribution is 2.27. The number of likely N-dealkylation sites (N-methyl/N-ethyl adjacent to an activating group) is 1. The van der Waals surface area contributed by atoms with Crippen molar-refractivity contribution < 1.29 is 28.6 Å². The number of aliphatic hydroxyl groups excluding tert-OH is 1. The van der Waals surface area contributed by atoms with Crippen LogP contribution in [0.3, 0.4) is 0 Å². The lowest BCUT2D eigenvalue weighted by molar-refractivity contribution is -0.151. The molecule has 1 saturated heterocycles. The van der Waals surface area contributed by atoms with Crippen LogP contribution in [-0.4, -0.2) is 88.3 Å². The third-order valence-corrected chi connectivity index (χ3v) is 8.05. The topological polar surface area (TPSA) is 121 Å². The largest absolute Gasteiger partial charge is 0.457 e. The van der Waals surface area contributed by atoms with Crippen molar-refractivity contribution in [2.45, 2.75) is 64.9 Å². The molecule has 1 aromatic heterocycles. The van der Waals surface area contributed by atoms with Crippen molar-refractivity contribution in [3.05, 3.63) is 47.4 Å². The Morgan fingerprint density at radius 2 is 1.98 bits per heavy atom. The summed E-state index contributed by atoms with van der Waals surface area (Å²) in [5.41, 5.74) is 1.68. The number of hydrogen-bond acceptors (Lipinski definition) is 8. The van der Waals surface area contributed by atoms with E-state index in [1.165, 1.54) is 16.9 Å². The first-order valence-electron chi connectivity index (χ1n) is 14.5. The number of nitrogens with zero attached hydrogens (tertiary/aromatic N) is 5. The van der Waals surface area contributed by atoms with Gasteiger partial charge >= 0.3 is 12.1 Å². The fourth-order valence-corrected chi connectivity index (χ4v) is 5.41. The van der Waals surface area contributed by atoms with Crippen LogP contribution in [0.5, 0.6) is 0 Å². The van der Waals surface area contributed by atoms with Crippen LogP contribution in [0.1, 0.15) is 45.6 Å². The van der Waals surface area contributed by atoms with Gasteiger partial charge in [0, 0.05) is 32.1 Å². The number of ether oxygens (including phenoxy) is 2. The predicted octanol–water partition coefficient (Wildman–Crippen LogP) is 4.14. The Morgan fingerprint density at radius 3 is 2.69 bits per heavy atom. The van der Waals surface area contributed by atoms with E-state index in [0.717, 1.165) is 13.1 Å². The lowest BCUT2D eigenvalue weighted by atomic mass is 9.91. The van der Waals surface area contributed by atoms with E-state index in [1.807, 2.05) is 39.1 Å². The molecule has 1 N–H and O–H groups in total. The van der Waals surface area contributed by atoms with Crippen LogP contribution in [0, 0.1) is 29.0 Å². The highest BCUT2D eigenvalue weighted by Gasteiger charge is 2.29. The summed E-state index contributed by atoms with van der Waals surface area (Å²) >= 11 is 0. The molecule has 1 amide bonds. The first kappa shape index (κ1) is 31.2. The normalized spacial score (nSPS) is 27.5. The van der Waals surface area contributed by atoms with E-state index >= 15 is 0 Å². The first-order valence-corrected chi connectivity index (χ1v) is 14.5. The molecule has 11 heteroatoms. The lowest BCUT2D eigenvalue weighted by Gasteiger charge is -2.33. The van der Waals surface area contributed by atoms with E-state index in [0.29, 0.717) is 48.0 Å². The Hall–Kier alpha value is -3.75. The monoisotopic (exact) mass is 581 g/mol. The fourth-order valence-electron chi connectivity index (χ4n) is 5.41. The Kier molecular flexibility index (Phi) is 10.4. The Morgan fingerprint density at radius 1 is 1.24 bits per heavy atom. The van der Waals surface area contributed by atoms with Crippen molar-refractivity contribution in [3.63, 3.8) is 0 Å². The standard InChI is InChI=1S/C31H40FN5O5/c1-20-5-7-24(38)18-29(39)42-30(21(2)6-8-28(20)41-31(40)36-13-11-35(4)12-14-36)22(3)15-23-16-26(32)25-19-34-37(10-9-33)27(25)17-23/h6,8,15-17,19-21,24,28,30,38H,5,7,10-14,18H2,1-4H3/b8-6+,22-15+/t20-,21-,24+,28?,30-/m0/s1. The van der Waals surface area contributed by atoms with Crippen molar-refractivity contribution in [1.82, 2.24) is 19.6 Å². The number of halogens is 1. The number of amides is 1. The molecule has 1 fully saturated rings. The second-order valence-electron chi connectivity index (χ2n) is 11.5. The Bertz CT molecular complexity index is 1370. The van der Waals surface area contributed by atoms with Gasteiger partial charge in [-0.15, -0.1) is 0 Å². The van der Waals surface area contributed by atoms with Crippen LogP contribution < -0.4 is 0 Å². The number of rotatable bonds is 4. The molecule has 5 atom stereocenters. The SMILES string of the molecule is C/C(=C\c1cc(F)c2cnn(CC#N)c2c1)[C@H]1OC(=O)C[C@H](O)CC[C@H](C)C(OC(=O)N2CCN(C)CC2)/C=C/[C@@H]1C. The van der Waals surface area contributed by atoms with E-state index in [-0.39, 0.29) is 30.9 Å². The van der Waals surface area contributed by atoms with Crippen LogP contribution in [0.15, 0.2) is 36.1 Å². The zero-order valence-electron chi connectivity index (χ0n) is 24.7. The fraction of sp³-hybridized carbons (Fsp3) is 0.548. The van der Waals surface area contributed by atoms with E-state index in [9.17, 15) is 19.1 Å². The molecule has 2 aromatic rings. The minimum atomic E-state index is -0.894. The van der Waals surface area contributed by atoms with Gasteiger partial charge in [0.1, 0.15) is 24.6 Å². The predicted molar refractivity (Wildman–Crippen MR) is 155 cm³/mol. The number of nitriles is 1. The van der Waals surface area contributed by atoms with Crippen LogP contribution in [0.4, 0.5) is 9.18 Å². The molecule has 0 saturated carbocycles. The summed E-state index contributed by atoms with van der Waals surface area (Å²) in [7, 11) is 2.02. The number of fused-ring (bicyclic) bond motifs is 1. The zero-order valence-corrected chi connectivity index (χ0v) is 24.7. The molecule has 1 unspecified atom stereocenters. The molecule has 0 aliphatic carbocycles. The summed E-state index contributed by atoms with van der Waals surface area (Å²) in [4.78, 5) is 29.7. The molecule has 2 aliphatic rings. The number of cyclic esters (lactones) is 1. The van der Waals surface area contributed by atoms with E-state index in [1.54, 1.807) is 24.0 Å². The quantitative estimate of drug-likeness (QED) is 0.423. The van der Waals surface area contributed by atoms with Gasteiger partial charge in [-0.05, 0) is 62.1 Å². The zero-order chi connectivity index (χ0) is 30.4. The summed E-state index contributed by atoms with van der Waals surface area (Å²) in [5, 5.41) is 24.1. The minimum absolute atomic E-state index is 0.0154. The molecular weight excluding hydrogens is 541 g/mol. The first-order chi connectivity index (χ1) is 20.0. The molecule has 4 rings (SSSR count). The summed E-state index contributed by atoms with van der Waals surface area (Å²) in [6, 6.07) is 5.14. The number of piperazine rings is 1. The average Bonchev–Trinajstić information content (AvgIpc) is 3.35. The van der Waals surface area contributed by atoms with Crippen LogP contribution in [0.25, 0.3) is 17.0 Å². The highest BCUT2D eigenvalue weighted by atomic mass is 19.1. The minimum Gasteiger partial charge on any atom is -0.457 e. The number of esters is 1. The second kappa shape index (κ2) is 13.9. The number of aliphatic hydroxyl groups is 1. The van der Waals surface area contributed by atoms with Gasteiger partial charge in [0.15, 0.2) is 0 Å². The Balaban J connectivity index is 1.60. The van der Waals surface area contributed by atoms with Gasteiger partial charge in [-0.1, -0.05) is 26.0 Å². The molecule has 226 valence electrons. The van der Waals surface area contributed by atoms with Gasteiger partial charge in [-0.3, -0.25) is 9.48 Å². The molecule has 42 heavy (non-hydrogen) atoms. The van der Waals surface area contributed by atoms with Crippen molar-refractivity contribution in [3.8, 4) is 6.07 Å². The van der Waals surface area contributed by atoms with Crippen molar-refractivity contribution in [2.24, 2.45) is 11.8 Å². The number of hydrogen-bond donors (Lipinski definition) is 1. The maximum absolute atomic E-state index is 14.9. The number of carbonyl (C=O) groups is 2. The van der Waals surface area contributed by atoms with Gasteiger partial charge in [0.25, 0.3) is 0 Å². The molecular formula is C31H40FN5O5. The van der Waals surface area contributed by atoms with Crippen molar-refractivity contribution in [1.29, 1.82) is 5.26 Å². The average molecular weight is 582 g/mol.